The fourth-order valence-corrected chi connectivity index (χ4v) is 5.50. The summed E-state index contributed by atoms with van der Waals surface area (Å²) in [7, 11) is 0. The maximum Gasteiger partial charge on any atom is 0.0992 e. The molecular formula is C32H18N4. The summed E-state index contributed by atoms with van der Waals surface area (Å²) in [4.78, 5) is 0. The zero-order chi connectivity index (χ0) is 24.2. The van der Waals surface area contributed by atoms with E-state index >= 15 is 0 Å². The average Bonchev–Trinajstić information content (AvgIpc) is 3.46. The van der Waals surface area contributed by atoms with Gasteiger partial charge in [0.1, 0.15) is 0 Å². The molecule has 7 aromatic rings. The number of benzene rings is 5. The molecule has 0 aliphatic carbocycles. The standard InChI is InChI=1S/C32H18N4/c33-19-21-16-22(20-34)18-24(17-21)36-28-12-6-4-10-25(28)26-14-15-30-31(32(26)36)27-11-5-7-13-29(27)35(30)23-8-2-1-3-9-23/h1-18H. The molecule has 4 heteroatoms. The first-order chi connectivity index (χ1) is 17.8. The van der Waals surface area contributed by atoms with Gasteiger partial charge in [0.2, 0.25) is 0 Å². The van der Waals surface area contributed by atoms with Crippen molar-refractivity contribution in [3.63, 3.8) is 0 Å². The molecule has 5 aromatic carbocycles. The van der Waals surface area contributed by atoms with Gasteiger partial charge in [0, 0.05) is 32.9 Å². The average molecular weight is 459 g/mol. The van der Waals surface area contributed by atoms with Crippen molar-refractivity contribution in [2.24, 2.45) is 0 Å². The minimum Gasteiger partial charge on any atom is -0.309 e. The highest BCUT2D eigenvalue weighted by atomic mass is 15.0. The van der Waals surface area contributed by atoms with E-state index in [4.69, 9.17) is 0 Å². The molecule has 0 fully saturated rings. The first kappa shape index (κ1) is 20.1. The molecule has 4 nitrogen and oxygen atoms in total. The van der Waals surface area contributed by atoms with E-state index in [1.807, 2.05) is 24.3 Å². The van der Waals surface area contributed by atoms with Crippen molar-refractivity contribution in [2.75, 3.05) is 0 Å². The van der Waals surface area contributed by atoms with Crippen LogP contribution in [0.4, 0.5) is 0 Å². The van der Waals surface area contributed by atoms with Gasteiger partial charge in [-0.05, 0) is 48.5 Å². The van der Waals surface area contributed by atoms with Gasteiger partial charge < -0.3 is 9.13 Å². The molecule has 0 unspecified atom stereocenters. The van der Waals surface area contributed by atoms with Crippen molar-refractivity contribution in [2.45, 2.75) is 0 Å². The molecule has 0 saturated heterocycles. The topological polar surface area (TPSA) is 57.4 Å². The Labute approximate surface area is 207 Å². The second kappa shape index (κ2) is 7.60. The summed E-state index contributed by atoms with van der Waals surface area (Å²) < 4.78 is 4.51. The predicted molar refractivity (Wildman–Crippen MR) is 145 cm³/mol. The quantitative estimate of drug-likeness (QED) is 0.267. The summed E-state index contributed by atoms with van der Waals surface area (Å²) in [6.07, 6.45) is 0. The van der Waals surface area contributed by atoms with E-state index in [-0.39, 0.29) is 0 Å². The largest absolute Gasteiger partial charge is 0.309 e. The van der Waals surface area contributed by atoms with Crippen LogP contribution in [0.15, 0.2) is 109 Å². The molecule has 0 bridgehead atoms. The Morgan fingerprint density at radius 2 is 1.08 bits per heavy atom. The maximum atomic E-state index is 9.68. The molecule has 0 radical (unpaired) electrons. The molecule has 0 spiro atoms. The van der Waals surface area contributed by atoms with E-state index in [1.165, 1.54) is 0 Å². The smallest absolute Gasteiger partial charge is 0.0992 e. The van der Waals surface area contributed by atoms with Crippen LogP contribution in [0.1, 0.15) is 11.1 Å². The van der Waals surface area contributed by atoms with Gasteiger partial charge in [0.25, 0.3) is 0 Å². The Bertz CT molecular complexity index is 2030. The summed E-state index contributed by atoms with van der Waals surface area (Å²) in [5.41, 5.74) is 7.18. The molecule has 2 heterocycles. The van der Waals surface area contributed by atoms with Crippen molar-refractivity contribution >= 4 is 43.6 Å². The van der Waals surface area contributed by atoms with Crippen molar-refractivity contribution in [1.29, 1.82) is 10.5 Å². The number of hydrogen-bond acceptors (Lipinski definition) is 2. The second-order valence-corrected chi connectivity index (χ2v) is 8.89. The van der Waals surface area contributed by atoms with Crippen LogP contribution in [-0.2, 0) is 0 Å². The van der Waals surface area contributed by atoms with Crippen LogP contribution in [0, 0.1) is 22.7 Å². The molecule has 7 rings (SSSR count). The summed E-state index contributed by atoms with van der Waals surface area (Å²) in [6.45, 7) is 0. The van der Waals surface area contributed by atoms with Gasteiger partial charge in [0.05, 0.1) is 45.3 Å². The van der Waals surface area contributed by atoms with E-state index in [0.717, 1.165) is 55.0 Å². The number of hydrogen-bond donors (Lipinski definition) is 0. The second-order valence-electron chi connectivity index (χ2n) is 8.89. The fourth-order valence-electron chi connectivity index (χ4n) is 5.50. The number of aromatic nitrogens is 2. The zero-order valence-corrected chi connectivity index (χ0v) is 19.2. The lowest BCUT2D eigenvalue weighted by Gasteiger charge is -2.11. The SMILES string of the molecule is N#Cc1cc(C#N)cc(-n2c3ccccc3c3ccc4c(c5ccccc5n4-c4ccccc4)c32)c1. The minimum atomic E-state index is 0.467. The number of para-hydroxylation sites is 3. The minimum absolute atomic E-state index is 0.467. The van der Waals surface area contributed by atoms with Crippen LogP contribution in [0.3, 0.4) is 0 Å². The molecule has 0 atom stereocenters. The summed E-state index contributed by atoms with van der Waals surface area (Å²) in [6, 6.07) is 41.4. The lowest BCUT2D eigenvalue weighted by Crippen LogP contribution is -1.97. The Kier molecular flexibility index (Phi) is 4.24. The summed E-state index contributed by atoms with van der Waals surface area (Å²) >= 11 is 0. The fraction of sp³-hybridized carbons (Fsp3) is 0. The van der Waals surface area contributed by atoms with Crippen LogP contribution in [0.5, 0.6) is 0 Å². The molecule has 0 N–H and O–H groups in total. The van der Waals surface area contributed by atoms with Gasteiger partial charge in [0.15, 0.2) is 0 Å². The first-order valence-corrected chi connectivity index (χ1v) is 11.7. The zero-order valence-electron chi connectivity index (χ0n) is 19.2. The van der Waals surface area contributed by atoms with Gasteiger partial charge >= 0.3 is 0 Å². The highest BCUT2D eigenvalue weighted by Gasteiger charge is 2.20. The molecular weight excluding hydrogens is 440 g/mol. The molecule has 166 valence electrons. The highest BCUT2D eigenvalue weighted by Crippen LogP contribution is 2.41. The molecule has 0 aliphatic rings. The van der Waals surface area contributed by atoms with Crippen molar-refractivity contribution in [3.05, 3.63) is 120 Å². The Hall–Kier alpha value is -5.32. The van der Waals surface area contributed by atoms with E-state index in [0.29, 0.717) is 11.1 Å². The van der Waals surface area contributed by atoms with Crippen LogP contribution in [0.2, 0.25) is 0 Å². The van der Waals surface area contributed by atoms with Crippen LogP contribution >= 0.6 is 0 Å². The van der Waals surface area contributed by atoms with Gasteiger partial charge in [-0.1, -0.05) is 60.7 Å². The molecule has 0 aliphatic heterocycles. The van der Waals surface area contributed by atoms with E-state index in [1.54, 1.807) is 6.07 Å². The Morgan fingerprint density at radius 3 is 1.78 bits per heavy atom. The number of fused-ring (bicyclic) bond motifs is 7. The third-order valence-corrected chi connectivity index (χ3v) is 6.92. The third kappa shape index (κ3) is 2.73. The lowest BCUT2D eigenvalue weighted by molar-refractivity contribution is 1.17. The van der Waals surface area contributed by atoms with Crippen LogP contribution in [-0.4, -0.2) is 9.13 Å². The molecule has 0 amide bonds. The van der Waals surface area contributed by atoms with Gasteiger partial charge in [-0.25, -0.2) is 0 Å². The number of nitrogens with zero attached hydrogens (tertiary/aromatic N) is 4. The molecule has 0 saturated carbocycles. The van der Waals surface area contributed by atoms with Gasteiger partial charge in [-0.15, -0.1) is 0 Å². The van der Waals surface area contributed by atoms with E-state index < -0.39 is 0 Å². The normalized spacial score (nSPS) is 11.3. The van der Waals surface area contributed by atoms with E-state index in [2.05, 4.69) is 100 Å². The van der Waals surface area contributed by atoms with Crippen LogP contribution in [0.25, 0.3) is 55.0 Å². The van der Waals surface area contributed by atoms with Crippen LogP contribution < -0.4 is 0 Å². The third-order valence-electron chi connectivity index (χ3n) is 6.92. The van der Waals surface area contributed by atoms with Gasteiger partial charge in [-0.3, -0.25) is 0 Å². The predicted octanol–water partition coefficient (Wildman–Crippen LogP) is 7.62. The summed E-state index contributed by atoms with van der Waals surface area (Å²) in [5.74, 6) is 0. The highest BCUT2D eigenvalue weighted by molar-refractivity contribution is 6.26. The number of nitriles is 2. The van der Waals surface area contributed by atoms with Crippen molar-refractivity contribution < 1.29 is 0 Å². The summed E-state index contributed by atoms with van der Waals surface area (Å²) in [5, 5.41) is 23.9. The van der Waals surface area contributed by atoms with E-state index in [9.17, 15) is 10.5 Å². The molecule has 36 heavy (non-hydrogen) atoms. The van der Waals surface area contributed by atoms with Gasteiger partial charge in [-0.2, -0.15) is 10.5 Å². The molecule has 2 aromatic heterocycles. The lowest BCUT2D eigenvalue weighted by atomic mass is 10.1. The first-order valence-electron chi connectivity index (χ1n) is 11.7. The monoisotopic (exact) mass is 458 g/mol. The van der Waals surface area contributed by atoms with Crippen molar-refractivity contribution in [3.8, 4) is 23.5 Å². The number of rotatable bonds is 2. The van der Waals surface area contributed by atoms with Crippen molar-refractivity contribution in [1.82, 2.24) is 9.13 Å². The maximum absolute atomic E-state index is 9.68. The Balaban J connectivity index is 1.75. The Morgan fingerprint density at radius 1 is 0.472 bits per heavy atom.